The highest BCUT2D eigenvalue weighted by Gasteiger charge is 2.14. The predicted octanol–water partition coefficient (Wildman–Crippen LogP) is 5.41. The summed E-state index contributed by atoms with van der Waals surface area (Å²) in [4.78, 5) is 0. The lowest BCUT2D eigenvalue weighted by Gasteiger charge is -2.21. The zero-order valence-electron chi connectivity index (χ0n) is 12.4. The van der Waals surface area contributed by atoms with Crippen LogP contribution in [0.1, 0.15) is 54.7 Å². The van der Waals surface area contributed by atoms with Crippen LogP contribution in [0.4, 0.5) is 8.78 Å². The van der Waals surface area contributed by atoms with Crippen molar-refractivity contribution in [2.24, 2.45) is 0 Å². The van der Waals surface area contributed by atoms with Crippen molar-refractivity contribution in [2.75, 3.05) is 0 Å². The topological polar surface area (TPSA) is 0 Å². The highest BCUT2D eigenvalue weighted by molar-refractivity contribution is 5.44. The van der Waals surface area contributed by atoms with Gasteiger partial charge in [0.05, 0.1) is 5.56 Å². The standard InChI is InChI=1S/C20H18F2/c21-19-8-4-7-18(20(19)22)14-11-15-9-12-17(13-10-15)16-5-2-1-3-6-16/h4,7-10,12-13,16H,1-3,5-6H2. The number of benzene rings is 2. The first-order chi connectivity index (χ1) is 10.7. The molecule has 2 heteroatoms. The van der Waals surface area contributed by atoms with Gasteiger partial charge in [-0.1, -0.05) is 49.3 Å². The van der Waals surface area contributed by atoms with E-state index in [1.54, 1.807) is 0 Å². The molecule has 0 amide bonds. The lowest BCUT2D eigenvalue weighted by atomic mass is 9.84. The van der Waals surface area contributed by atoms with E-state index >= 15 is 0 Å². The summed E-state index contributed by atoms with van der Waals surface area (Å²) in [7, 11) is 0. The van der Waals surface area contributed by atoms with Crippen LogP contribution in [-0.4, -0.2) is 0 Å². The number of hydrogen-bond acceptors (Lipinski definition) is 0. The average Bonchev–Trinajstić information content (AvgIpc) is 2.57. The summed E-state index contributed by atoms with van der Waals surface area (Å²) in [5.41, 5.74) is 2.28. The van der Waals surface area contributed by atoms with Crippen molar-refractivity contribution in [3.05, 3.63) is 70.8 Å². The molecular weight excluding hydrogens is 278 g/mol. The van der Waals surface area contributed by atoms with Crippen LogP contribution < -0.4 is 0 Å². The molecule has 0 aliphatic heterocycles. The van der Waals surface area contributed by atoms with E-state index in [1.165, 1.54) is 49.8 Å². The van der Waals surface area contributed by atoms with Crippen molar-refractivity contribution >= 4 is 0 Å². The van der Waals surface area contributed by atoms with Gasteiger partial charge >= 0.3 is 0 Å². The molecule has 22 heavy (non-hydrogen) atoms. The van der Waals surface area contributed by atoms with E-state index in [2.05, 4.69) is 24.0 Å². The van der Waals surface area contributed by atoms with Gasteiger partial charge in [-0.15, -0.1) is 0 Å². The summed E-state index contributed by atoms with van der Waals surface area (Å²) in [5.74, 6) is 4.53. The van der Waals surface area contributed by atoms with Crippen LogP contribution >= 0.6 is 0 Å². The van der Waals surface area contributed by atoms with Crippen LogP contribution in [0.2, 0.25) is 0 Å². The molecule has 1 aliphatic carbocycles. The molecule has 2 aromatic rings. The zero-order chi connectivity index (χ0) is 15.4. The van der Waals surface area contributed by atoms with Crippen molar-refractivity contribution in [2.45, 2.75) is 38.0 Å². The third kappa shape index (κ3) is 3.36. The molecule has 0 nitrogen and oxygen atoms in total. The van der Waals surface area contributed by atoms with E-state index in [-0.39, 0.29) is 5.56 Å². The van der Waals surface area contributed by atoms with E-state index < -0.39 is 11.6 Å². The van der Waals surface area contributed by atoms with Crippen LogP contribution in [0.5, 0.6) is 0 Å². The van der Waals surface area contributed by atoms with E-state index in [9.17, 15) is 8.78 Å². The Hall–Kier alpha value is -2.14. The number of rotatable bonds is 1. The highest BCUT2D eigenvalue weighted by atomic mass is 19.2. The lowest BCUT2D eigenvalue weighted by Crippen LogP contribution is -2.04. The van der Waals surface area contributed by atoms with Gasteiger partial charge in [0, 0.05) is 5.56 Å². The van der Waals surface area contributed by atoms with Gasteiger partial charge in [0.1, 0.15) is 0 Å². The molecule has 2 aromatic carbocycles. The quantitative estimate of drug-likeness (QED) is 0.617. The molecule has 3 rings (SSSR count). The SMILES string of the molecule is Fc1cccc(C#Cc2ccc(C3CCCCC3)cc2)c1F. The maximum Gasteiger partial charge on any atom is 0.174 e. The van der Waals surface area contributed by atoms with Gasteiger partial charge in [-0.2, -0.15) is 0 Å². The monoisotopic (exact) mass is 296 g/mol. The van der Waals surface area contributed by atoms with Crippen LogP contribution in [0, 0.1) is 23.5 Å². The van der Waals surface area contributed by atoms with Crippen molar-refractivity contribution in [3.63, 3.8) is 0 Å². The Morgan fingerprint density at radius 3 is 2.27 bits per heavy atom. The van der Waals surface area contributed by atoms with Crippen LogP contribution in [0.3, 0.4) is 0 Å². The number of hydrogen-bond donors (Lipinski definition) is 0. The van der Waals surface area contributed by atoms with Gasteiger partial charge < -0.3 is 0 Å². The Labute approximate surface area is 130 Å². The van der Waals surface area contributed by atoms with Crippen LogP contribution in [0.15, 0.2) is 42.5 Å². The van der Waals surface area contributed by atoms with Gasteiger partial charge in [-0.05, 0) is 48.6 Å². The Morgan fingerprint density at radius 1 is 0.818 bits per heavy atom. The largest absolute Gasteiger partial charge is 0.204 e. The van der Waals surface area contributed by atoms with Gasteiger partial charge in [0.15, 0.2) is 11.6 Å². The van der Waals surface area contributed by atoms with Crippen LogP contribution in [-0.2, 0) is 0 Å². The van der Waals surface area contributed by atoms with Crippen molar-refractivity contribution in [3.8, 4) is 11.8 Å². The molecule has 0 N–H and O–H groups in total. The first-order valence-corrected chi connectivity index (χ1v) is 7.80. The molecule has 1 aliphatic rings. The van der Waals surface area contributed by atoms with Gasteiger partial charge in [-0.25, -0.2) is 8.78 Å². The third-order valence-electron chi connectivity index (χ3n) is 4.28. The molecule has 0 spiro atoms. The fourth-order valence-corrected chi connectivity index (χ4v) is 3.01. The minimum absolute atomic E-state index is 0.0938. The smallest absolute Gasteiger partial charge is 0.174 e. The Morgan fingerprint density at radius 2 is 1.55 bits per heavy atom. The van der Waals surface area contributed by atoms with E-state index in [4.69, 9.17) is 0 Å². The first kappa shape index (κ1) is 14.8. The number of halogens is 2. The molecule has 1 saturated carbocycles. The molecular formula is C20H18F2. The van der Waals surface area contributed by atoms with Crippen molar-refractivity contribution in [1.82, 2.24) is 0 Å². The second-order valence-corrected chi connectivity index (χ2v) is 5.81. The minimum atomic E-state index is -0.881. The van der Waals surface area contributed by atoms with E-state index in [0.717, 1.165) is 11.6 Å². The van der Waals surface area contributed by atoms with E-state index in [0.29, 0.717) is 5.92 Å². The Bertz CT molecular complexity index is 699. The van der Waals surface area contributed by atoms with Crippen molar-refractivity contribution < 1.29 is 8.78 Å². The molecule has 0 aromatic heterocycles. The second-order valence-electron chi connectivity index (χ2n) is 5.81. The summed E-state index contributed by atoms with van der Waals surface area (Å²) in [5, 5.41) is 0. The molecule has 112 valence electrons. The summed E-state index contributed by atoms with van der Waals surface area (Å²) in [6.45, 7) is 0. The fraction of sp³-hybridized carbons (Fsp3) is 0.300. The fourth-order valence-electron chi connectivity index (χ4n) is 3.01. The molecule has 0 radical (unpaired) electrons. The summed E-state index contributed by atoms with van der Waals surface area (Å²) >= 11 is 0. The Balaban J connectivity index is 1.76. The van der Waals surface area contributed by atoms with Gasteiger partial charge in [-0.3, -0.25) is 0 Å². The van der Waals surface area contributed by atoms with Crippen molar-refractivity contribution in [1.29, 1.82) is 0 Å². The molecule has 0 unspecified atom stereocenters. The first-order valence-electron chi connectivity index (χ1n) is 7.80. The Kier molecular flexibility index (Phi) is 4.53. The summed E-state index contributed by atoms with van der Waals surface area (Å²) < 4.78 is 26.7. The molecule has 0 saturated heterocycles. The minimum Gasteiger partial charge on any atom is -0.204 e. The molecule has 0 heterocycles. The molecule has 0 atom stereocenters. The van der Waals surface area contributed by atoms with Gasteiger partial charge in [0.2, 0.25) is 0 Å². The maximum atomic E-state index is 13.5. The highest BCUT2D eigenvalue weighted by Crippen LogP contribution is 2.32. The molecule has 1 fully saturated rings. The zero-order valence-corrected chi connectivity index (χ0v) is 12.4. The van der Waals surface area contributed by atoms with Gasteiger partial charge in [0.25, 0.3) is 0 Å². The average molecular weight is 296 g/mol. The summed E-state index contributed by atoms with van der Waals surface area (Å²) in [6.07, 6.45) is 6.49. The maximum absolute atomic E-state index is 13.5. The lowest BCUT2D eigenvalue weighted by molar-refractivity contribution is 0.443. The predicted molar refractivity (Wildman–Crippen MR) is 84.6 cm³/mol. The summed E-state index contributed by atoms with van der Waals surface area (Å²) in [6, 6.07) is 12.2. The normalized spacial score (nSPS) is 15.2. The molecule has 0 bridgehead atoms. The van der Waals surface area contributed by atoms with Crippen LogP contribution in [0.25, 0.3) is 0 Å². The van der Waals surface area contributed by atoms with E-state index in [1.807, 2.05) is 12.1 Å². The second kappa shape index (κ2) is 6.75. The third-order valence-corrected chi connectivity index (χ3v) is 4.28.